The Morgan fingerprint density at radius 2 is 2.00 bits per heavy atom. The SMILES string of the molecule is Cc1nc(C#Cc2ccc(-c3ccc(F)cc3C)[nH+]c2)cs1. The third kappa shape index (κ3) is 3.21. The molecule has 0 bridgehead atoms. The third-order valence-electron chi connectivity index (χ3n) is 3.25. The number of H-pyrrole nitrogens is 1. The van der Waals surface area contributed by atoms with Crippen LogP contribution in [0.25, 0.3) is 11.3 Å². The molecule has 0 saturated heterocycles. The first-order valence-electron chi connectivity index (χ1n) is 6.84. The molecule has 3 rings (SSSR count). The standard InChI is InChI=1S/C18H13FN2S/c1-12-9-15(19)5-7-17(12)18-8-4-14(10-20-18)3-6-16-11-22-13(2)21-16/h4-5,7-11H,1-2H3/p+1. The van der Waals surface area contributed by atoms with Crippen molar-refractivity contribution in [3.8, 4) is 23.1 Å². The maximum atomic E-state index is 13.2. The zero-order chi connectivity index (χ0) is 15.5. The molecule has 1 N–H and O–H groups in total. The van der Waals surface area contributed by atoms with Gasteiger partial charge < -0.3 is 0 Å². The fraction of sp³-hybridized carbons (Fsp3) is 0.111. The van der Waals surface area contributed by atoms with Crippen LogP contribution in [-0.2, 0) is 0 Å². The Hall–Kier alpha value is -2.51. The quantitative estimate of drug-likeness (QED) is 0.628. The summed E-state index contributed by atoms with van der Waals surface area (Å²) in [6.45, 7) is 3.86. The van der Waals surface area contributed by atoms with Gasteiger partial charge in [-0.25, -0.2) is 14.4 Å². The zero-order valence-electron chi connectivity index (χ0n) is 12.3. The molecule has 0 atom stereocenters. The number of rotatable bonds is 1. The lowest BCUT2D eigenvalue weighted by molar-refractivity contribution is -0.364. The topological polar surface area (TPSA) is 27.0 Å². The van der Waals surface area contributed by atoms with Gasteiger partial charge in [0.2, 0.25) is 5.69 Å². The van der Waals surface area contributed by atoms with Crippen LogP contribution in [0.15, 0.2) is 41.9 Å². The van der Waals surface area contributed by atoms with Crippen LogP contribution >= 0.6 is 11.3 Å². The number of halogens is 1. The first kappa shape index (κ1) is 14.4. The van der Waals surface area contributed by atoms with Crippen molar-refractivity contribution in [1.82, 2.24) is 4.98 Å². The van der Waals surface area contributed by atoms with E-state index in [1.807, 2.05) is 37.6 Å². The number of aryl methyl sites for hydroxylation is 2. The summed E-state index contributed by atoms with van der Waals surface area (Å²) < 4.78 is 13.2. The predicted molar refractivity (Wildman–Crippen MR) is 86.0 cm³/mol. The molecule has 0 amide bonds. The Morgan fingerprint density at radius 1 is 1.14 bits per heavy atom. The van der Waals surface area contributed by atoms with Gasteiger partial charge in [-0.3, -0.25) is 0 Å². The smallest absolute Gasteiger partial charge is 0.211 e. The molecule has 2 aromatic heterocycles. The van der Waals surface area contributed by atoms with Crippen molar-refractivity contribution in [3.05, 3.63) is 69.6 Å². The Kier molecular flexibility index (Phi) is 3.99. The maximum Gasteiger partial charge on any atom is 0.211 e. The van der Waals surface area contributed by atoms with Crippen molar-refractivity contribution in [1.29, 1.82) is 0 Å². The summed E-state index contributed by atoms with van der Waals surface area (Å²) in [6.07, 6.45) is 1.85. The van der Waals surface area contributed by atoms with Crippen LogP contribution in [0, 0.1) is 31.5 Å². The molecule has 0 aliphatic heterocycles. The summed E-state index contributed by atoms with van der Waals surface area (Å²) in [6, 6.07) is 8.67. The minimum atomic E-state index is -0.220. The van der Waals surface area contributed by atoms with Crippen LogP contribution in [-0.4, -0.2) is 4.98 Å². The lowest BCUT2D eigenvalue weighted by Gasteiger charge is -2.00. The van der Waals surface area contributed by atoms with Gasteiger partial charge in [0.1, 0.15) is 11.5 Å². The van der Waals surface area contributed by atoms with Gasteiger partial charge in [0.25, 0.3) is 0 Å². The lowest BCUT2D eigenvalue weighted by atomic mass is 10.0. The highest BCUT2D eigenvalue weighted by atomic mass is 32.1. The van der Waals surface area contributed by atoms with E-state index in [0.717, 1.165) is 33.1 Å². The average molecular weight is 309 g/mol. The summed E-state index contributed by atoms with van der Waals surface area (Å²) in [5.74, 6) is 5.90. The Labute approximate surface area is 132 Å². The molecule has 2 heterocycles. The average Bonchev–Trinajstić information content (AvgIpc) is 2.92. The molecule has 0 radical (unpaired) electrons. The Morgan fingerprint density at radius 3 is 2.64 bits per heavy atom. The van der Waals surface area contributed by atoms with Crippen LogP contribution in [0.3, 0.4) is 0 Å². The number of aromatic amines is 1. The molecule has 0 saturated carbocycles. The van der Waals surface area contributed by atoms with Crippen molar-refractivity contribution in [3.63, 3.8) is 0 Å². The number of pyridine rings is 1. The number of aromatic nitrogens is 2. The molecule has 3 aromatic rings. The van der Waals surface area contributed by atoms with Gasteiger partial charge in [-0.2, -0.15) is 0 Å². The van der Waals surface area contributed by atoms with Crippen LogP contribution in [0.1, 0.15) is 21.8 Å². The second-order valence-corrected chi connectivity index (χ2v) is 6.01. The van der Waals surface area contributed by atoms with Crippen molar-refractivity contribution in [2.75, 3.05) is 0 Å². The van der Waals surface area contributed by atoms with E-state index in [9.17, 15) is 4.39 Å². The van der Waals surface area contributed by atoms with Gasteiger partial charge in [-0.15, -0.1) is 11.3 Å². The van der Waals surface area contributed by atoms with Crippen molar-refractivity contribution >= 4 is 11.3 Å². The van der Waals surface area contributed by atoms with Crippen LogP contribution in [0.4, 0.5) is 4.39 Å². The van der Waals surface area contributed by atoms with E-state index in [1.165, 1.54) is 12.1 Å². The van der Waals surface area contributed by atoms with Crippen molar-refractivity contribution in [2.24, 2.45) is 0 Å². The molecular weight excluding hydrogens is 295 g/mol. The normalized spacial score (nSPS) is 10.1. The molecule has 0 aliphatic rings. The fourth-order valence-corrected chi connectivity index (χ4v) is 2.70. The number of nitrogens with zero attached hydrogens (tertiary/aromatic N) is 1. The highest BCUT2D eigenvalue weighted by molar-refractivity contribution is 7.09. The Bertz CT molecular complexity index is 870. The lowest BCUT2D eigenvalue weighted by Crippen LogP contribution is -2.07. The van der Waals surface area contributed by atoms with Crippen molar-refractivity contribution < 1.29 is 9.37 Å². The van der Waals surface area contributed by atoms with Gasteiger partial charge in [0.05, 0.1) is 10.6 Å². The summed E-state index contributed by atoms with van der Waals surface area (Å²) in [5, 5.41) is 2.96. The molecule has 1 aromatic carbocycles. The van der Waals surface area contributed by atoms with Crippen LogP contribution in [0.2, 0.25) is 0 Å². The minimum absolute atomic E-state index is 0.220. The highest BCUT2D eigenvalue weighted by Gasteiger charge is 2.09. The van der Waals surface area contributed by atoms with E-state index in [2.05, 4.69) is 21.8 Å². The molecule has 2 nitrogen and oxygen atoms in total. The molecule has 108 valence electrons. The Balaban J connectivity index is 1.85. The summed E-state index contributed by atoms with van der Waals surface area (Å²) in [4.78, 5) is 7.52. The van der Waals surface area contributed by atoms with E-state index in [4.69, 9.17) is 0 Å². The van der Waals surface area contributed by atoms with E-state index < -0.39 is 0 Å². The molecule has 22 heavy (non-hydrogen) atoms. The first-order chi connectivity index (χ1) is 10.6. The number of hydrogen-bond donors (Lipinski definition) is 0. The first-order valence-corrected chi connectivity index (χ1v) is 7.72. The molecular formula is C18H14FN2S+. The number of hydrogen-bond acceptors (Lipinski definition) is 2. The maximum absolute atomic E-state index is 13.2. The summed E-state index contributed by atoms with van der Waals surface area (Å²) >= 11 is 1.59. The minimum Gasteiger partial charge on any atom is -0.233 e. The zero-order valence-corrected chi connectivity index (χ0v) is 13.1. The third-order valence-corrected chi connectivity index (χ3v) is 4.02. The van der Waals surface area contributed by atoms with Gasteiger partial charge >= 0.3 is 0 Å². The number of thiazole rings is 1. The van der Waals surface area contributed by atoms with Gasteiger partial charge in [0, 0.05) is 17.0 Å². The molecule has 0 aliphatic carbocycles. The number of benzene rings is 1. The van der Waals surface area contributed by atoms with Gasteiger partial charge in [0.15, 0.2) is 6.20 Å². The van der Waals surface area contributed by atoms with Crippen molar-refractivity contribution in [2.45, 2.75) is 13.8 Å². The summed E-state index contributed by atoms with van der Waals surface area (Å²) in [7, 11) is 0. The van der Waals surface area contributed by atoms with Gasteiger partial charge in [-0.1, -0.05) is 5.92 Å². The number of nitrogens with one attached hydrogen (secondary N) is 1. The molecule has 4 heteroatoms. The molecule has 0 spiro atoms. The predicted octanol–water partition coefficient (Wildman–Crippen LogP) is 3.78. The largest absolute Gasteiger partial charge is 0.233 e. The van der Waals surface area contributed by atoms with Crippen LogP contribution in [0.5, 0.6) is 0 Å². The van der Waals surface area contributed by atoms with E-state index >= 15 is 0 Å². The fourth-order valence-electron chi connectivity index (χ4n) is 2.16. The second kappa shape index (κ2) is 6.08. The highest BCUT2D eigenvalue weighted by Crippen LogP contribution is 2.20. The van der Waals surface area contributed by atoms with Gasteiger partial charge in [-0.05, 0) is 49.6 Å². The molecule has 0 unspecified atom stereocenters. The van der Waals surface area contributed by atoms with Crippen LogP contribution < -0.4 is 4.98 Å². The molecule has 0 fully saturated rings. The summed E-state index contributed by atoms with van der Waals surface area (Å²) in [5.41, 5.74) is 4.49. The van der Waals surface area contributed by atoms with E-state index in [-0.39, 0.29) is 5.82 Å². The second-order valence-electron chi connectivity index (χ2n) is 4.95. The van der Waals surface area contributed by atoms with E-state index in [1.54, 1.807) is 17.4 Å². The monoisotopic (exact) mass is 309 g/mol. The van der Waals surface area contributed by atoms with E-state index in [0.29, 0.717) is 0 Å².